The first-order chi connectivity index (χ1) is 13.7. The van der Waals surface area contributed by atoms with E-state index in [1.54, 1.807) is 11.3 Å². The number of benzene rings is 1. The summed E-state index contributed by atoms with van der Waals surface area (Å²) in [6, 6.07) is 12.9. The summed E-state index contributed by atoms with van der Waals surface area (Å²) in [6.07, 6.45) is 7.13. The molecule has 1 fully saturated rings. The van der Waals surface area contributed by atoms with Gasteiger partial charge in [-0.2, -0.15) is 0 Å². The van der Waals surface area contributed by atoms with E-state index in [1.807, 2.05) is 23.1 Å². The van der Waals surface area contributed by atoms with Crippen molar-refractivity contribution in [2.24, 2.45) is 0 Å². The van der Waals surface area contributed by atoms with Crippen molar-refractivity contribution >= 4 is 40.3 Å². The lowest BCUT2D eigenvalue weighted by atomic mass is 9.94. The van der Waals surface area contributed by atoms with Crippen LogP contribution in [0.4, 0.5) is 5.69 Å². The van der Waals surface area contributed by atoms with Gasteiger partial charge < -0.3 is 15.1 Å². The quantitative estimate of drug-likeness (QED) is 0.740. The molecule has 4 nitrogen and oxygen atoms in total. The second-order valence-corrected chi connectivity index (χ2v) is 9.00. The topological polar surface area (TPSA) is 35.6 Å². The van der Waals surface area contributed by atoms with Crippen molar-refractivity contribution in [3.63, 3.8) is 0 Å². The van der Waals surface area contributed by atoms with Crippen LogP contribution in [0.25, 0.3) is 0 Å². The normalized spacial score (nSPS) is 16.6. The van der Waals surface area contributed by atoms with Crippen LogP contribution in [0.3, 0.4) is 0 Å². The van der Waals surface area contributed by atoms with Crippen molar-refractivity contribution in [3.05, 3.63) is 52.2 Å². The van der Waals surface area contributed by atoms with E-state index in [4.69, 9.17) is 12.2 Å². The molecule has 1 aliphatic heterocycles. The van der Waals surface area contributed by atoms with Crippen LogP contribution in [0, 0.1) is 0 Å². The Labute approximate surface area is 176 Å². The zero-order chi connectivity index (χ0) is 19.3. The van der Waals surface area contributed by atoms with Gasteiger partial charge in [0.25, 0.3) is 0 Å². The van der Waals surface area contributed by atoms with Gasteiger partial charge in [0.1, 0.15) is 0 Å². The Balaban J connectivity index is 1.39. The van der Waals surface area contributed by atoms with Crippen LogP contribution in [0.15, 0.2) is 41.8 Å². The zero-order valence-corrected chi connectivity index (χ0v) is 17.7. The fraction of sp³-hybridized carbons (Fsp3) is 0.455. The second kappa shape index (κ2) is 9.05. The highest BCUT2D eigenvalue weighted by Gasteiger charge is 2.26. The van der Waals surface area contributed by atoms with Crippen molar-refractivity contribution in [1.29, 1.82) is 0 Å². The molecule has 0 unspecified atom stereocenters. The molecule has 1 aromatic carbocycles. The molecule has 28 heavy (non-hydrogen) atoms. The molecule has 0 bridgehead atoms. The van der Waals surface area contributed by atoms with Crippen LogP contribution in [0.2, 0.25) is 0 Å². The molecule has 0 saturated heterocycles. The first-order valence-electron chi connectivity index (χ1n) is 10.2. The Morgan fingerprint density at radius 2 is 2.00 bits per heavy atom. The molecule has 1 saturated carbocycles. The number of nitrogens with one attached hydrogen (secondary N) is 1. The van der Waals surface area contributed by atoms with Gasteiger partial charge in [-0.15, -0.1) is 11.3 Å². The maximum atomic E-state index is 12.8. The van der Waals surface area contributed by atoms with Crippen LogP contribution >= 0.6 is 23.6 Å². The van der Waals surface area contributed by atoms with Gasteiger partial charge in [0, 0.05) is 23.2 Å². The van der Waals surface area contributed by atoms with E-state index in [1.165, 1.54) is 42.5 Å². The van der Waals surface area contributed by atoms with Gasteiger partial charge in [-0.1, -0.05) is 43.5 Å². The molecule has 1 amide bonds. The number of rotatable bonds is 5. The Hall–Kier alpha value is -1.92. The van der Waals surface area contributed by atoms with E-state index >= 15 is 0 Å². The Bertz CT molecular complexity index is 815. The lowest BCUT2D eigenvalue weighted by Gasteiger charge is -2.36. The van der Waals surface area contributed by atoms with E-state index < -0.39 is 0 Å². The summed E-state index contributed by atoms with van der Waals surface area (Å²) in [6.45, 7) is 1.84. The van der Waals surface area contributed by atoms with Gasteiger partial charge in [0.05, 0.1) is 13.1 Å². The number of carbonyl (C=O) groups excluding carboxylic acids is 1. The summed E-state index contributed by atoms with van der Waals surface area (Å²) >= 11 is 7.51. The zero-order valence-electron chi connectivity index (χ0n) is 16.1. The number of para-hydroxylation sites is 1. The lowest BCUT2D eigenvalue weighted by molar-refractivity contribution is -0.117. The number of carbonyl (C=O) groups is 1. The average molecular weight is 414 g/mol. The van der Waals surface area contributed by atoms with E-state index in [-0.39, 0.29) is 12.5 Å². The molecule has 1 aromatic heterocycles. The number of hydrogen-bond acceptors (Lipinski definition) is 3. The molecule has 0 spiro atoms. The van der Waals surface area contributed by atoms with Crippen LogP contribution in [0.1, 0.15) is 42.5 Å². The molecule has 2 aromatic rings. The van der Waals surface area contributed by atoms with Crippen molar-refractivity contribution in [1.82, 2.24) is 10.2 Å². The average Bonchev–Trinajstić information content (AvgIpc) is 3.40. The van der Waals surface area contributed by atoms with E-state index in [0.29, 0.717) is 11.2 Å². The minimum atomic E-state index is 0.0898. The lowest BCUT2D eigenvalue weighted by Crippen LogP contribution is -2.49. The summed E-state index contributed by atoms with van der Waals surface area (Å²) in [5.41, 5.74) is 2.29. The van der Waals surface area contributed by atoms with Crippen LogP contribution < -0.4 is 10.2 Å². The first-order valence-corrected chi connectivity index (χ1v) is 11.5. The second-order valence-electron chi connectivity index (χ2n) is 7.58. The SMILES string of the molecule is O=C(CNC(=S)N(Cc1cccs1)C1CCCCC1)N1CCc2ccccc21. The molecule has 1 aliphatic carbocycles. The van der Waals surface area contributed by atoms with Crippen molar-refractivity contribution in [2.75, 3.05) is 18.0 Å². The number of hydrogen-bond donors (Lipinski definition) is 1. The summed E-state index contributed by atoms with van der Waals surface area (Å²) in [7, 11) is 0. The van der Waals surface area contributed by atoms with Gasteiger partial charge in [0.15, 0.2) is 5.11 Å². The maximum Gasteiger partial charge on any atom is 0.246 e. The minimum absolute atomic E-state index is 0.0898. The third kappa shape index (κ3) is 4.39. The smallest absolute Gasteiger partial charge is 0.246 e. The maximum absolute atomic E-state index is 12.8. The molecule has 6 heteroatoms. The molecule has 148 valence electrons. The van der Waals surface area contributed by atoms with Gasteiger partial charge >= 0.3 is 0 Å². The molecule has 1 N–H and O–H groups in total. The van der Waals surface area contributed by atoms with Gasteiger partial charge in [0.2, 0.25) is 5.91 Å². The minimum Gasteiger partial charge on any atom is -0.353 e. The highest BCUT2D eigenvalue weighted by molar-refractivity contribution is 7.80. The first kappa shape index (κ1) is 19.4. The Morgan fingerprint density at radius 1 is 1.18 bits per heavy atom. The van der Waals surface area contributed by atoms with Crippen LogP contribution in [-0.4, -0.2) is 35.1 Å². The summed E-state index contributed by atoms with van der Waals surface area (Å²) in [4.78, 5) is 18.3. The van der Waals surface area contributed by atoms with Crippen molar-refractivity contribution in [3.8, 4) is 0 Å². The molecule has 2 aliphatic rings. The number of amides is 1. The third-order valence-electron chi connectivity index (χ3n) is 5.76. The van der Waals surface area contributed by atoms with Crippen molar-refractivity contribution in [2.45, 2.75) is 51.1 Å². The largest absolute Gasteiger partial charge is 0.353 e. The summed E-state index contributed by atoms with van der Waals surface area (Å²) in [5.74, 6) is 0.0898. The predicted molar refractivity (Wildman–Crippen MR) is 120 cm³/mol. The Morgan fingerprint density at radius 3 is 2.79 bits per heavy atom. The van der Waals surface area contributed by atoms with Crippen LogP contribution in [0.5, 0.6) is 0 Å². The fourth-order valence-electron chi connectivity index (χ4n) is 4.28. The highest BCUT2D eigenvalue weighted by Crippen LogP contribution is 2.28. The Kier molecular flexibility index (Phi) is 6.27. The standard InChI is InChI=1S/C22H27N3OS2/c26-21(24-13-12-17-7-4-5-11-20(17)24)15-23-22(27)25(16-19-10-6-14-28-19)18-8-2-1-3-9-18/h4-7,10-11,14,18H,1-3,8-9,12-13,15-16H2,(H,23,27). The van der Waals surface area contributed by atoms with E-state index in [0.717, 1.165) is 25.2 Å². The number of nitrogens with zero attached hydrogens (tertiary/aromatic N) is 2. The highest BCUT2D eigenvalue weighted by atomic mass is 32.1. The monoisotopic (exact) mass is 413 g/mol. The van der Waals surface area contributed by atoms with Crippen LogP contribution in [-0.2, 0) is 17.8 Å². The molecule has 4 rings (SSSR count). The molecule has 2 heterocycles. The van der Waals surface area contributed by atoms with E-state index in [2.05, 4.69) is 33.8 Å². The van der Waals surface area contributed by atoms with Gasteiger partial charge in [-0.3, -0.25) is 4.79 Å². The predicted octanol–water partition coefficient (Wildman–Crippen LogP) is 4.35. The molecular weight excluding hydrogens is 386 g/mol. The fourth-order valence-corrected chi connectivity index (χ4v) is 5.26. The molecular formula is C22H27N3OS2. The third-order valence-corrected chi connectivity index (χ3v) is 7.00. The molecule has 0 radical (unpaired) electrons. The summed E-state index contributed by atoms with van der Waals surface area (Å²) in [5, 5.41) is 6.09. The number of thiophene rings is 1. The van der Waals surface area contributed by atoms with Gasteiger partial charge in [-0.05, 0) is 54.6 Å². The van der Waals surface area contributed by atoms with Gasteiger partial charge in [-0.25, -0.2) is 0 Å². The number of thiocarbonyl (C=S) groups is 1. The number of fused-ring (bicyclic) bond motifs is 1. The van der Waals surface area contributed by atoms with Crippen molar-refractivity contribution < 1.29 is 4.79 Å². The van der Waals surface area contributed by atoms with E-state index in [9.17, 15) is 4.79 Å². The molecule has 0 atom stereocenters. The summed E-state index contributed by atoms with van der Waals surface area (Å²) < 4.78 is 0. The number of anilines is 1.